The Balaban J connectivity index is 1.05. The molecule has 6 heteroatoms. The molecule has 1 N–H and O–H groups in total. The van der Waals surface area contributed by atoms with Crippen molar-refractivity contribution in [2.75, 3.05) is 4.90 Å². The average Bonchev–Trinajstić information content (AvgIpc) is 3.75. The molecular formula is C32H29N3O3. The summed E-state index contributed by atoms with van der Waals surface area (Å²) in [5, 5.41) is 1.00. The lowest BCUT2D eigenvalue weighted by molar-refractivity contribution is -0.143. The Hall–Kier alpha value is -4.19. The fraction of sp³-hybridized carbons (Fsp3) is 0.281. The average molecular weight is 504 g/mol. The Labute approximate surface area is 221 Å². The van der Waals surface area contributed by atoms with Crippen LogP contribution >= 0.6 is 0 Å². The first-order valence-electron chi connectivity index (χ1n) is 13.4. The van der Waals surface area contributed by atoms with Crippen LogP contribution in [-0.2, 0) is 22.7 Å². The Morgan fingerprint density at radius 3 is 1.84 bits per heavy atom. The number of hydrogen-bond donors (Lipinski definition) is 1. The highest BCUT2D eigenvalue weighted by Crippen LogP contribution is 2.65. The van der Waals surface area contributed by atoms with E-state index in [-0.39, 0.29) is 35.5 Å². The van der Waals surface area contributed by atoms with Crippen LogP contribution in [0.15, 0.2) is 97.1 Å². The van der Waals surface area contributed by atoms with Gasteiger partial charge in [-0.25, -0.2) is 0 Å². The third kappa shape index (κ3) is 3.83. The van der Waals surface area contributed by atoms with Crippen molar-refractivity contribution in [3.63, 3.8) is 0 Å². The van der Waals surface area contributed by atoms with Crippen LogP contribution in [0.2, 0.25) is 0 Å². The molecule has 0 radical (unpaired) electrons. The quantitative estimate of drug-likeness (QED) is 0.378. The van der Waals surface area contributed by atoms with Crippen molar-refractivity contribution in [3.8, 4) is 0 Å². The van der Waals surface area contributed by atoms with Crippen molar-refractivity contribution < 1.29 is 14.4 Å². The molecule has 2 bridgehead atoms. The van der Waals surface area contributed by atoms with Crippen molar-refractivity contribution in [1.29, 1.82) is 0 Å². The van der Waals surface area contributed by atoms with Crippen LogP contribution < -0.4 is 10.3 Å². The van der Waals surface area contributed by atoms with Gasteiger partial charge in [-0.1, -0.05) is 72.8 Å². The first kappa shape index (κ1) is 23.0. The lowest BCUT2D eigenvalue weighted by Gasteiger charge is -2.37. The first-order valence-corrected chi connectivity index (χ1v) is 13.4. The smallest absolute Gasteiger partial charge is 0.270 e. The van der Waals surface area contributed by atoms with Gasteiger partial charge in [-0.3, -0.25) is 19.8 Å². The molecule has 38 heavy (non-hydrogen) atoms. The second kappa shape index (κ2) is 8.98. The van der Waals surface area contributed by atoms with Gasteiger partial charge in [-0.05, 0) is 65.5 Å². The standard InChI is InChI=1S/C32H29N3O3/c36-30(33-35-31(37)28-24-15-16-25(27-17-26(24)27)29(28)32(35)38)22-13-11-21(12-14-22)19-34(23-9-5-2-6-10-23)18-20-7-3-1-4-8-20/h1-16,24-29H,17-19H2,(H,33,36)/t24-,25+,26+,27-,28-,29+. The highest BCUT2D eigenvalue weighted by molar-refractivity contribution is 6.08. The molecule has 3 amide bonds. The van der Waals surface area contributed by atoms with E-state index in [1.807, 2.05) is 48.5 Å². The molecule has 190 valence electrons. The predicted molar refractivity (Wildman–Crippen MR) is 143 cm³/mol. The molecule has 3 aromatic rings. The van der Waals surface area contributed by atoms with Gasteiger partial charge >= 0.3 is 0 Å². The fourth-order valence-corrected chi connectivity index (χ4v) is 6.90. The van der Waals surface area contributed by atoms with Gasteiger partial charge in [0.15, 0.2) is 0 Å². The number of amides is 3. The molecule has 6 atom stereocenters. The molecule has 0 aromatic heterocycles. The van der Waals surface area contributed by atoms with Crippen molar-refractivity contribution in [1.82, 2.24) is 10.4 Å². The lowest BCUT2D eigenvalue weighted by Crippen LogP contribution is -2.46. The summed E-state index contributed by atoms with van der Waals surface area (Å²) in [6, 6.07) is 28.0. The molecule has 4 aliphatic carbocycles. The Morgan fingerprint density at radius 2 is 1.26 bits per heavy atom. The van der Waals surface area contributed by atoms with E-state index >= 15 is 0 Å². The van der Waals surface area contributed by atoms with Crippen LogP contribution in [0.1, 0.15) is 27.9 Å². The highest BCUT2D eigenvalue weighted by atomic mass is 16.2. The molecule has 0 unspecified atom stereocenters. The molecule has 3 fully saturated rings. The minimum Gasteiger partial charge on any atom is -0.363 e. The molecule has 3 aromatic carbocycles. The summed E-state index contributed by atoms with van der Waals surface area (Å²) >= 11 is 0. The number of nitrogens with zero attached hydrogens (tertiary/aromatic N) is 2. The number of anilines is 1. The topological polar surface area (TPSA) is 69.7 Å². The zero-order chi connectivity index (χ0) is 25.8. The van der Waals surface area contributed by atoms with Gasteiger partial charge in [0.1, 0.15) is 0 Å². The molecule has 1 saturated heterocycles. The number of allylic oxidation sites excluding steroid dienone is 2. The summed E-state index contributed by atoms with van der Waals surface area (Å²) in [5.74, 6) is -0.260. The normalized spacial score (nSPS) is 28.2. The zero-order valence-electron chi connectivity index (χ0n) is 20.9. The van der Waals surface area contributed by atoms with E-state index in [1.165, 1.54) is 5.56 Å². The summed E-state index contributed by atoms with van der Waals surface area (Å²) in [5.41, 5.74) is 6.44. The van der Waals surface area contributed by atoms with Crippen LogP contribution in [-0.4, -0.2) is 22.7 Å². The number of benzene rings is 3. The van der Waals surface area contributed by atoms with E-state index in [4.69, 9.17) is 0 Å². The zero-order valence-corrected chi connectivity index (χ0v) is 20.9. The molecule has 8 rings (SSSR count). The summed E-state index contributed by atoms with van der Waals surface area (Å²) in [4.78, 5) is 41.7. The van der Waals surface area contributed by atoms with Gasteiger partial charge in [-0.2, -0.15) is 5.01 Å². The molecule has 0 spiro atoms. The summed E-state index contributed by atoms with van der Waals surface area (Å²) in [6.45, 7) is 1.43. The van der Waals surface area contributed by atoms with Crippen molar-refractivity contribution in [2.24, 2.45) is 35.5 Å². The first-order chi connectivity index (χ1) is 18.6. The Bertz CT molecular complexity index is 1380. The number of imide groups is 1. The fourth-order valence-electron chi connectivity index (χ4n) is 6.90. The van der Waals surface area contributed by atoms with Crippen LogP contribution in [0, 0.1) is 35.5 Å². The molecule has 1 heterocycles. The minimum atomic E-state index is -0.438. The summed E-state index contributed by atoms with van der Waals surface area (Å²) < 4.78 is 0. The van der Waals surface area contributed by atoms with Crippen molar-refractivity contribution >= 4 is 23.4 Å². The van der Waals surface area contributed by atoms with E-state index in [0.717, 1.165) is 29.2 Å². The SMILES string of the molecule is O=C(NN1C(=O)[C@@H]2[C@@H]3C=C[C@@H]([C@H]4C[C@@H]34)[C@@H]2C1=O)c1ccc(CN(Cc2ccccc2)c2ccccc2)cc1. The maximum Gasteiger partial charge on any atom is 0.270 e. The van der Waals surface area contributed by atoms with E-state index < -0.39 is 5.91 Å². The second-order valence-electron chi connectivity index (χ2n) is 11.0. The van der Waals surface area contributed by atoms with Crippen LogP contribution in [0.3, 0.4) is 0 Å². The number of hydrazine groups is 1. The van der Waals surface area contributed by atoms with Gasteiger partial charge in [0.05, 0.1) is 11.8 Å². The monoisotopic (exact) mass is 503 g/mol. The number of hydrogen-bond acceptors (Lipinski definition) is 4. The number of carbonyl (C=O) groups excluding carboxylic acids is 3. The van der Waals surface area contributed by atoms with Gasteiger partial charge in [-0.15, -0.1) is 0 Å². The highest BCUT2D eigenvalue weighted by Gasteiger charge is 2.67. The van der Waals surface area contributed by atoms with E-state index in [2.05, 4.69) is 46.7 Å². The largest absolute Gasteiger partial charge is 0.363 e. The van der Waals surface area contributed by atoms with Crippen molar-refractivity contribution in [3.05, 3.63) is 114 Å². The molecular weight excluding hydrogens is 474 g/mol. The van der Waals surface area contributed by atoms with Gasteiger partial charge in [0.2, 0.25) is 0 Å². The summed E-state index contributed by atoms with van der Waals surface area (Å²) in [7, 11) is 0. The van der Waals surface area contributed by atoms with E-state index in [1.54, 1.807) is 12.1 Å². The van der Waals surface area contributed by atoms with Crippen LogP contribution in [0.5, 0.6) is 0 Å². The van der Waals surface area contributed by atoms with Crippen LogP contribution in [0.25, 0.3) is 0 Å². The number of nitrogens with one attached hydrogen (secondary N) is 1. The van der Waals surface area contributed by atoms with E-state index in [9.17, 15) is 14.4 Å². The third-order valence-electron chi connectivity index (χ3n) is 8.80. The van der Waals surface area contributed by atoms with Crippen LogP contribution in [0.4, 0.5) is 5.69 Å². The maximum absolute atomic E-state index is 13.2. The molecule has 5 aliphatic rings. The lowest BCUT2D eigenvalue weighted by atomic mass is 9.63. The maximum atomic E-state index is 13.2. The van der Waals surface area contributed by atoms with Crippen molar-refractivity contribution in [2.45, 2.75) is 19.5 Å². The number of carbonyl (C=O) groups is 3. The molecule has 6 nitrogen and oxygen atoms in total. The predicted octanol–water partition coefficient (Wildman–Crippen LogP) is 4.59. The third-order valence-corrected chi connectivity index (χ3v) is 8.80. The molecule has 2 saturated carbocycles. The van der Waals surface area contributed by atoms with Gasteiger partial charge < -0.3 is 4.90 Å². The van der Waals surface area contributed by atoms with E-state index in [0.29, 0.717) is 23.9 Å². The minimum absolute atomic E-state index is 0.135. The van der Waals surface area contributed by atoms with Gasteiger partial charge in [0, 0.05) is 24.3 Å². The Kier molecular flexibility index (Phi) is 5.43. The summed E-state index contributed by atoms with van der Waals surface area (Å²) in [6.07, 6.45) is 5.37. The number of para-hydroxylation sites is 1. The second-order valence-corrected chi connectivity index (χ2v) is 11.0. The Morgan fingerprint density at radius 1 is 0.737 bits per heavy atom. The molecule has 1 aliphatic heterocycles. The number of rotatable bonds is 7. The van der Waals surface area contributed by atoms with Gasteiger partial charge in [0.25, 0.3) is 17.7 Å².